The summed E-state index contributed by atoms with van der Waals surface area (Å²) in [6, 6.07) is 8.51. The molecule has 0 unspecified atom stereocenters. The van der Waals surface area contributed by atoms with Gasteiger partial charge in [-0.1, -0.05) is 32.0 Å². The Balaban J connectivity index is 2.15. The molecule has 1 aliphatic heterocycles. The number of nitrogens with zero attached hydrogens (tertiary/aromatic N) is 3. The number of carbonyl (C=O) groups excluding carboxylic acids is 1. The first kappa shape index (κ1) is 20.0. The molecule has 2 rings (SSSR count). The van der Waals surface area contributed by atoms with Crippen molar-refractivity contribution in [3.8, 4) is 6.07 Å². The fourth-order valence-corrected chi connectivity index (χ4v) is 3.43. The fraction of sp³-hybridized carbons (Fsp3) is 0.524. The Bertz CT molecular complexity index is 674. The number of benzene rings is 1. The predicted molar refractivity (Wildman–Crippen MR) is 106 cm³/mol. The first-order chi connectivity index (χ1) is 12.5. The lowest BCUT2D eigenvalue weighted by molar-refractivity contribution is -0.112. The quantitative estimate of drug-likeness (QED) is 0.630. The van der Waals surface area contributed by atoms with Crippen molar-refractivity contribution in [3.63, 3.8) is 0 Å². The smallest absolute Gasteiger partial charge is 0.267 e. The molecular formula is C21H30N4O. The van der Waals surface area contributed by atoms with E-state index < -0.39 is 0 Å². The van der Waals surface area contributed by atoms with Gasteiger partial charge in [0, 0.05) is 25.0 Å². The zero-order valence-corrected chi connectivity index (χ0v) is 16.4. The maximum absolute atomic E-state index is 12.7. The Kier molecular flexibility index (Phi) is 7.23. The van der Waals surface area contributed by atoms with Gasteiger partial charge >= 0.3 is 0 Å². The van der Waals surface area contributed by atoms with Gasteiger partial charge in [0.05, 0.1) is 0 Å². The molecule has 1 amide bonds. The van der Waals surface area contributed by atoms with E-state index in [1.165, 1.54) is 0 Å². The van der Waals surface area contributed by atoms with Crippen LogP contribution in [0.15, 0.2) is 30.0 Å². The molecule has 0 atom stereocenters. The van der Waals surface area contributed by atoms with Gasteiger partial charge in [0.15, 0.2) is 0 Å². The van der Waals surface area contributed by atoms with Crippen molar-refractivity contribution in [1.29, 1.82) is 5.26 Å². The minimum Gasteiger partial charge on any atom is -0.376 e. The second-order valence-corrected chi connectivity index (χ2v) is 6.97. The van der Waals surface area contributed by atoms with Gasteiger partial charge in [0.1, 0.15) is 11.6 Å². The van der Waals surface area contributed by atoms with Gasteiger partial charge in [-0.2, -0.15) is 5.26 Å². The molecule has 1 aromatic carbocycles. The molecule has 5 heteroatoms. The molecule has 140 valence electrons. The molecule has 1 heterocycles. The van der Waals surface area contributed by atoms with E-state index in [0.29, 0.717) is 6.04 Å². The van der Waals surface area contributed by atoms with Crippen LogP contribution in [0.4, 0.5) is 5.69 Å². The third-order valence-corrected chi connectivity index (χ3v) is 5.20. The summed E-state index contributed by atoms with van der Waals surface area (Å²) in [6.45, 7) is 6.22. The zero-order valence-electron chi connectivity index (χ0n) is 16.4. The van der Waals surface area contributed by atoms with E-state index in [4.69, 9.17) is 0 Å². The summed E-state index contributed by atoms with van der Waals surface area (Å²) in [7, 11) is 4.08. The van der Waals surface area contributed by atoms with Crippen LogP contribution in [0.1, 0.15) is 37.8 Å². The monoisotopic (exact) mass is 354 g/mol. The van der Waals surface area contributed by atoms with E-state index in [9.17, 15) is 10.1 Å². The van der Waals surface area contributed by atoms with E-state index >= 15 is 0 Å². The molecule has 0 aromatic heterocycles. The van der Waals surface area contributed by atoms with E-state index in [1.54, 1.807) is 6.20 Å². The van der Waals surface area contributed by atoms with Gasteiger partial charge < -0.3 is 15.1 Å². The van der Waals surface area contributed by atoms with Crippen LogP contribution >= 0.6 is 0 Å². The van der Waals surface area contributed by atoms with Crippen molar-refractivity contribution in [3.05, 3.63) is 41.1 Å². The van der Waals surface area contributed by atoms with Crippen LogP contribution in [0.2, 0.25) is 0 Å². The normalized spacial score (nSPS) is 16.2. The van der Waals surface area contributed by atoms with E-state index in [2.05, 4.69) is 37.2 Å². The molecule has 0 bridgehead atoms. The second kappa shape index (κ2) is 9.40. The summed E-state index contributed by atoms with van der Waals surface area (Å²) in [5.41, 5.74) is 3.20. The van der Waals surface area contributed by atoms with Gasteiger partial charge in [0.25, 0.3) is 5.91 Å². The summed E-state index contributed by atoms with van der Waals surface area (Å²) in [5, 5.41) is 12.5. The van der Waals surface area contributed by atoms with Gasteiger partial charge in [-0.05, 0) is 56.9 Å². The highest BCUT2D eigenvalue weighted by atomic mass is 16.1. The van der Waals surface area contributed by atoms with Crippen LogP contribution in [0.3, 0.4) is 0 Å². The molecule has 1 aromatic rings. The van der Waals surface area contributed by atoms with Gasteiger partial charge in [-0.3, -0.25) is 4.79 Å². The van der Waals surface area contributed by atoms with Crippen LogP contribution in [-0.2, 0) is 17.6 Å². The molecule has 26 heavy (non-hydrogen) atoms. The predicted octanol–water partition coefficient (Wildman–Crippen LogP) is 3.18. The third-order valence-electron chi connectivity index (χ3n) is 5.20. The molecule has 0 spiro atoms. The highest BCUT2D eigenvalue weighted by molar-refractivity contribution is 6.07. The number of para-hydroxylation sites is 1. The lowest BCUT2D eigenvalue weighted by Crippen LogP contribution is -2.40. The molecule has 1 aliphatic rings. The van der Waals surface area contributed by atoms with Crippen molar-refractivity contribution < 1.29 is 4.79 Å². The molecular weight excluding hydrogens is 324 g/mol. The molecule has 5 nitrogen and oxygen atoms in total. The number of hydrogen-bond donors (Lipinski definition) is 1. The largest absolute Gasteiger partial charge is 0.376 e. The van der Waals surface area contributed by atoms with Gasteiger partial charge in [-0.25, -0.2) is 0 Å². The van der Waals surface area contributed by atoms with Crippen LogP contribution in [0.25, 0.3) is 0 Å². The standard InChI is InChI=1S/C21H30N4O/c1-5-16-8-7-9-17(6-2)20(16)23-21(26)18(14-22)15-25(4)19-10-12-24(3)13-11-19/h7-9,15,19H,5-6,10-13H2,1-4H3,(H,23,26)/b18-15-. The zero-order chi connectivity index (χ0) is 19.1. The molecule has 1 saturated heterocycles. The van der Waals surface area contributed by atoms with Crippen molar-refractivity contribution in [2.75, 3.05) is 32.5 Å². The number of likely N-dealkylation sites (tertiary alicyclic amines) is 1. The van der Waals surface area contributed by atoms with Crippen molar-refractivity contribution in [2.45, 2.75) is 45.6 Å². The lowest BCUT2D eigenvalue weighted by Gasteiger charge is -2.34. The van der Waals surface area contributed by atoms with Crippen molar-refractivity contribution in [2.24, 2.45) is 0 Å². The van der Waals surface area contributed by atoms with Crippen LogP contribution < -0.4 is 5.32 Å². The molecule has 0 saturated carbocycles. The number of aryl methyl sites for hydroxylation is 2. The number of rotatable bonds is 6. The second-order valence-electron chi connectivity index (χ2n) is 6.97. The Morgan fingerprint density at radius 1 is 1.31 bits per heavy atom. The number of carbonyl (C=O) groups is 1. The Morgan fingerprint density at radius 2 is 1.88 bits per heavy atom. The third kappa shape index (κ3) is 4.86. The van der Waals surface area contributed by atoms with Crippen LogP contribution in [-0.4, -0.2) is 48.9 Å². The first-order valence-corrected chi connectivity index (χ1v) is 9.44. The lowest BCUT2D eigenvalue weighted by atomic mass is 10.0. The highest BCUT2D eigenvalue weighted by Gasteiger charge is 2.21. The number of hydrogen-bond acceptors (Lipinski definition) is 4. The average Bonchev–Trinajstić information content (AvgIpc) is 2.66. The summed E-state index contributed by atoms with van der Waals surface area (Å²) in [4.78, 5) is 17.0. The number of anilines is 1. The minimum atomic E-state index is -0.331. The van der Waals surface area contributed by atoms with E-state index in [0.717, 1.165) is 55.6 Å². The summed E-state index contributed by atoms with van der Waals surface area (Å²) < 4.78 is 0. The maximum atomic E-state index is 12.7. The summed E-state index contributed by atoms with van der Waals surface area (Å²) in [5.74, 6) is -0.331. The Hall–Kier alpha value is -2.32. The first-order valence-electron chi connectivity index (χ1n) is 9.44. The van der Waals surface area contributed by atoms with Crippen LogP contribution in [0.5, 0.6) is 0 Å². The average molecular weight is 354 g/mol. The fourth-order valence-electron chi connectivity index (χ4n) is 3.43. The van der Waals surface area contributed by atoms with E-state index in [1.807, 2.05) is 30.1 Å². The Morgan fingerprint density at radius 3 is 2.38 bits per heavy atom. The van der Waals surface area contributed by atoms with Crippen molar-refractivity contribution in [1.82, 2.24) is 9.80 Å². The number of piperidine rings is 1. The van der Waals surface area contributed by atoms with Gasteiger partial charge in [-0.15, -0.1) is 0 Å². The number of nitriles is 1. The Labute approximate surface area is 157 Å². The van der Waals surface area contributed by atoms with Crippen molar-refractivity contribution >= 4 is 11.6 Å². The number of nitrogens with one attached hydrogen (secondary N) is 1. The minimum absolute atomic E-state index is 0.152. The SMILES string of the molecule is CCc1cccc(CC)c1NC(=O)/C(C#N)=C\N(C)C1CCN(C)CC1. The maximum Gasteiger partial charge on any atom is 0.267 e. The highest BCUT2D eigenvalue weighted by Crippen LogP contribution is 2.23. The molecule has 0 aliphatic carbocycles. The molecule has 1 fully saturated rings. The molecule has 0 radical (unpaired) electrons. The number of amides is 1. The van der Waals surface area contributed by atoms with Gasteiger partial charge in [0.2, 0.25) is 0 Å². The summed E-state index contributed by atoms with van der Waals surface area (Å²) in [6.07, 6.45) is 5.46. The summed E-state index contributed by atoms with van der Waals surface area (Å²) >= 11 is 0. The van der Waals surface area contributed by atoms with E-state index in [-0.39, 0.29) is 11.5 Å². The molecule has 1 N–H and O–H groups in total. The topological polar surface area (TPSA) is 59.4 Å². The van der Waals surface area contributed by atoms with Crippen LogP contribution in [0, 0.1) is 11.3 Å².